The second-order valence-corrected chi connectivity index (χ2v) is 5.26. The minimum atomic E-state index is -0.128. The molecule has 0 heterocycles. The van der Waals surface area contributed by atoms with Crippen LogP contribution in [0, 0.1) is 18.3 Å². The zero-order chi connectivity index (χ0) is 15.8. The lowest BCUT2D eigenvalue weighted by molar-refractivity contribution is 0.305. The van der Waals surface area contributed by atoms with Crippen LogP contribution in [0.2, 0.25) is 0 Å². The predicted molar refractivity (Wildman–Crippen MR) is 87.3 cm³/mol. The second-order valence-electron chi connectivity index (χ2n) is 5.26. The molecule has 0 fully saturated rings. The van der Waals surface area contributed by atoms with Gasteiger partial charge in [0.05, 0.1) is 25.7 Å². The highest BCUT2D eigenvalue weighted by molar-refractivity contribution is 5.33. The first-order valence-electron chi connectivity index (χ1n) is 7.46. The normalized spacial score (nSPS) is 11.5. The third-order valence-electron chi connectivity index (χ3n) is 3.58. The Morgan fingerprint density at radius 1 is 1.09 bits per heavy atom. The van der Waals surface area contributed by atoms with Crippen LogP contribution in [0.25, 0.3) is 0 Å². The highest BCUT2D eigenvalue weighted by Gasteiger charge is 2.11. The van der Waals surface area contributed by atoms with E-state index < -0.39 is 0 Å². The molecule has 1 atom stereocenters. The molecule has 0 radical (unpaired) electrons. The number of methoxy groups -OCH3 is 1. The molecule has 0 aliphatic heterocycles. The maximum absolute atomic E-state index is 9.36. The van der Waals surface area contributed by atoms with Crippen LogP contribution in [-0.2, 0) is 0 Å². The summed E-state index contributed by atoms with van der Waals surface area (Å²) in [6, 6.07) is 18.1. The van der Waals surface area contributed by atoms with E-state index in [4.69, 9.17) is 9.47 Å². The fourth-order valence-electron chi connectivity index (χ4n) is 2.28. The van der Waals surface area contributed by atoms with Crippen molar-refractivity contribution in [3.05, 3.63) is 59.7 Å². The van der Waals surface area contributed by atoms with E-state index in [0.717, 1.165) is 29.9 Å². The Balaban J connectivity index is 1.83. The van der Waals surface area contributed by atoms with Crippen LogP contribution in [0.4, 0.5) is 0 Å². The first-order valence-corrected chi connectivity index (χ1v) is 7.46. The van der Waals surface area contributed by atoms with Gasteiger partial charge in [0.2, 0.25) is 0 Å². The molecule has 114 valence electrons. The van der Waals surface area contributed by atoms with Crippen LogP contribution >= 0.6 is 0 Å². The smallest absolute Gasteiger partial charge is 0.119 e. The largest absolute Gasteiger partial charge is 0.497 e. The molecule has 0 saturated carbocycles. The molecule has 0 aliphatic carbocycles. The molecule has 0 N–H and O–H groups in total. The zero-order valence-corrected chi connectivity index (χ0v) is 13.1. The van der Waals surface area contributed by atoms with E-state index in [-0.39, 0.29) is 5.92 Å². The van der Waals surface area contributed by atoms with Crippen molar-refractivity contribution in [2.24, 2.45) is 0 Å². The summed E-state index contributed by atoms with van der Waals surface area (Å²) >= 11 is 0. The van der Waals surface area contributed by atoms with Gasteiger partial charge >= 0.3 is 0 Å². The highest BCUT2D eigenvalue weighted by atomic mass is 16.5. The van der Waals surface area contributed by atoms with Crippen molar-refractivity contribution in [1.29, 1.82) is 5.26 Å². The molecule has 2 rings (SSSR count). The van der Waals surface area contributed by atoms with Crippen molar-refractivity contribution < 1.29 is 9.47 Å². The van der Waals surface area contributed by atoms with Crippen LogP contribution < -0.4 is 9.47 Å². The van der Waals surface area contributed by atoms with Crippen molar-refractivity contribution in [3.8, 4) is 17.6 Å². The standard InChI is InChI=1S/C19H21NO2/c1-15-8-10-18(11-9-15)22-12-4-6-17(14-20)16-5-3-7-19(13-16)21-2/h3,5,7-11,13,17H,4,6,12H2,1-2H3. The molecule has 3 heteroatoms. The van der Waals surface area contributed by atoms with E-state index in [1.807, 2.05) is 48.5 Å². The number of hydrogen-bond donors (Lipinski definition) is 0. The fourth-order valence-corrected chi connectivity index (χ4v) is 2.28. The summed E-state index contributed by atoms with van der Waals surface area (Å²) in [6.45, 7) is 2.67. The van der Waals surface area contributed by atoms with E-state index in [9.17, 15) is 5.26 Å². The van der Waals surface area contributed by atoms with E-state index in [1.165, 1.54) is 5.56 Å². The van der Waals surface area contributed by atoms with Crippen LogP contribution in [0.1, 0.15) is 29.9 Å². The van der Waals surface area contributed by atoms with E-state index in [0.29, 0.717) is 6.61 Å². The Morgan fingerprint density at radius 2 is 1.86 bits per heavy atom. The molecule has 0 aliphatic rings. The van der Waals surface area contributed by atoms with Gasteiger partial charge in [-0.05, 0) is 49.6 Å². The zero-order valence-electron chi connectivity index (χ0n) is 13.1. The van der Waals surface area contributed by atoms with Gasteiger partial charge in [0.1, 0.15) is 11.5 Å². The number of benzene rings is 2. The summed E-state index contributed by atoms with van der Waals surface area (Å²) in [5.74, 6) is 1.53. The lowest BCUT2D eigenvalue weighted by Gasteiger charge is -2.11. The molecule has 3 nitrogen and oxygen atoms in total. The molecule has 0 saturated heterocycles. The third kappa shape index (κ3) is 4.53. The van der Waals surface area contributed by atoms with Gasteiger partial charge in [-0.1, -0.05) is 29.8 Å². The molecule has 2 aromatic rings. The predicted octanol–water partition coefficient (Wildman–Crippen LogP) is 4.47. The van der Waals surface area contributed by atoms with E-state index in [2.05, 4.69) is 13.0 Å². The first kappa shape index (κ1) is 15.9. The van der Waals surface area contributed by atoms with Crippen LogP contribution in [-0.4, -0.2) is 13.7 Å². The third-order valence-corrected chi connectivity index (χ3v) is 3.58. The SMILES string of the molecule is COc1cccc(C(C#N)CCCOc2ccc(C)cc2)c1. The number of aryl methyl sites for hydroxylation is 1. The van der Waals surface area contributed by atoms with Gasteiger partial charge in [0.25, 0.3) is 0 Å². The number of hydrogen-bond acceptors (Lipinski definition) is 3. The molecule has 2 aromatic carbocycles. The number of nitrogens with zero attached hydrogens (tertiary/aromatic N) is 1. The fraction of sp³-hybridized carbons (Fsp3) is 0.316. The maximum atomic E-state index is 9.36. The summed E-state index contributed by atoms with van der Waals surface area (Å²) in [7, 11) is 1.63. The molecular weight excluding hydrogens is 274 g/mol. The Bertz CT molecular complexity index is 629. The summed E-state index contributed by atoms with van der Waals surface area (Å²) in [5, 5.41) is 9.36. The molecular formula is C19H21NO2. The summed E-state index contributed by atoms with van der Waals surface area (Å²) in [6.07, 6.45) is 1.61. The average Bonchev–Trinajstić information content (AvgIpc) is 2.56. The Hall–Kier alpha value is -2.47. The van der Waals surface area contributed by atoms with Crippen LogP contribution in [0.3, 0.4) is 0 Å². The second kappa shape index (κ2) is 8.09. The van der Waals surface area contributed by atoms with Gasteiger partial charge < -0.3 is 9.47 Å². The Morgan fingerprint density at radius 3 is 2.55 bits per heavy atom. The molecule has 0 amide bonds. The topological polar surface area (TPSA) is 42.2 Å². The average molecular weight is 295 g/mol. The molecule has 22 heavy (non-hydrogen) atoms. The molecule has 0 spiro atoms. The lowest BCUT2D eigenvalue weighted by Crippen LogP contribution is -2.02. The Labute approximate surface area is 132 Å². The summed E-state index contributed by atoms with van der Waals surface area (Å²) in [5.41, 5.74) is 2.21. The summed E-state index contributed by atoms with van der Waals surface area (Å²) < 4.78 is 10.9. The van der Waals surface area contributed by atoms with Crippen LogP contribution in [0.5, 0.6) is 11.5 Å². The van der Waals surface area contributed by atoms with Gasteiger partial charge in [0.15, 0.2) is 0 Å². The molecule has 1 unspecified atom stereocenters. The Kier molecular flexibility index (Phi) is 5.85. The monoisotopic (exact) mass is 295 g/mol. The number of ether oxygens (including phenoxy) is 2. The first-order chi connectivity index (χ1) is 10.7. The van der Waals surface area contributed by atoms with E-state index in [1.54, 1.807) is 7.11 Å². The van der Waals surface area contributed by atoms with Crippen molar-refractivity contribution in [2.75, 3.05) is 13.7 Å². The molecule has 0 aromatic heterocycles. The molecule has 0 bridgehead atoms. The van der Waals surface area contributed by atoms with Crippen molar-refractivity contribution in [1.82, 2.24) is 0 Å². The summed E-state index contributed by atoms with van der Waals surface area (Å²) in [4.78, 5) is 0. The van der Waals surface area contributed by atoms with Gasteiger partial charge in [-0.15, -0.1) is 0 Å². The number of nitriles is 1. The lowest BCUT2D eigenvalue weighted by atomic mass is 9.96. The van der Waals surface area contributed by atoms with Gasteiger partial charge in [-0.2, -0.15) is 5.26 Å². The van der Waals surface area contributed by atoms with Crippen molar-refractivity contribution in [3.63, 3.8) is 0 Å². The minimum absolute atomic E-state index is 0.128. The van der Waals surface area contributed by atoms with Crippen molar-refractivity contribution >= 4 is 0 Å². The van der Waals surface area contributed by atoms with Gasteiger partial charge in [0, 0.05) is 0 Å². The number of rotatable bonds is 7. The highest BCUT2D eigenvalue weighted by Crippen LogP contribution is 2.24. The minimum Gasteiger partial charge on any atom is -0.497 e. The van der Waals surface area contributed by atoms with Gasteiger partial charge in [-0.3, -0.25) is 0 Å². The maximum Gasteiger partial charge on any atom is 0.119 e. The van der Waals surface area contributed by atoms with Crippen LogP contribution in [0.15, 0.2) is 48.5 Å². The van der Waals surface area contributed by atoms with Crippen molar-refractivity contribution in [2.45, 2.75) is 25.7 Å². The van der Waals surface area contributed by atoms with E-state index >= 15 is 0 Å². The quantitative estimate of drug-likeness (QED) is 0.708. The van der Waals surface area contributed by atoms with Gasteiger partial charge in [-0.25, -0.2) is 0 Å².